The first-order valence-electron chi connectivity index (χ1n) is 7.18. The zero-order chi connectivity index (χ0) is 15.1. The molecule has 0 saturated carbocycles. The van der Waals surface area contributed by atoms with Gasteiger partial charge in [-0.2, -0.15) is 0 Å². The number of nitrogens with one attached hydrogen (secondary N) is 1. The van der Waals surface area contributed by atoms with Gasteiger partial charge in [-0.3, -0.25) is 4.79 Å². The van der Waals surface area contributed by atoms with Crippen LogP contribution < -0.4 is 5.32 Å². The summed E-state index contributed by atoms with van der Waals surface area (Å²) < 4.78 is 0. The fourth-order valence-corrected chi connectivity index (χ4v) is 2.26. The van der Waals surface area contributed by atoms with Crippen LogP contribution in [-0.2, 0) is 17.6 Å². The summed E-state index contributed by atoms with van der Waals surface area (Å²) in [5.41, 5.74) is 3.20. The molecule has 0 aliphatic heterocycles. The van der Waals surface area contributed by atoms with Gasteiger partial charge in [-0.15, -0.1) is 0 Å². The number of aliphatic hydroxyl groups is 1. The van der Waals surface area contributed by atoms with Crippen molar-refractivity contribution in [3.8, 4) is 0 Å². The Kier molecular flexibility index (Phi) is 5.52. The van der Waals surface area contributed by atoms with Crippen molar-refractivity contribution in [3.05, 3.63) is 71.3 Å². The second-order valence-corrected chi connectivity index (χ2v) is 5.31. The van der Waals surface area contributed by atoms with Crippen LogP contribution in [0.2, 0.25) is 0 Å². The molecule has 3 nitrogen and oxygen atoms in total. The maximum absolute atomic E-state index is 11.9. The molecule has 0 radical (unpaired) electrons. The molecule has 0 heterocycles. The van der Waals surface area contributed by atoms with Crippen LogP contribution in [0.25, 0.3) is 0 Å². The van der Waals surface area contributed by atoms with Crippen LogP contribution >= 0.6 is 0 Å². The first kappa shape index (κ1) is 15.3. The molecule has 0 spiro atoms. The van der Waals surface area contributed by atoms with Gasteiger partial charge in [0.25, 0.3) is 0 Å². The fourth-order valence-electron chi connectivity index (χ4n) is 2.26. The van der Waals surface area contributed by atoms with Crippen LogP contribution in [0.4, 0.5) is 0 Å². The Balaban J connectivity index is 1.76. The molecule has 110 valence electrons. The normalized spacial score (nSPS) is 11.9. The SMILES string of the molecule is Cc1cccc(CC(=O)NC[C@H](O)Cc2ccccc2)c1. The van der Waals surface area contributed by atoms with E-state index in [4.69, 9.17) is 0 Å². The van der Waals surface area contributed by atoms with Crippen LogP contribution in [0.5, 0.6) is 0 Å². The lowest BCUT2D eigenvalue weighted by molar-refractivity contribution is -0.120. The molecular weight excluding hydrogens is 262 g/mol. The van der Waals surface area contributed by atoms with Gasteiger partial charge in [0, 0.05) is 13.0 Å². The number of benzene rings is 2. The number of aliphatic hydroxyl groups excluding tert-OH is 1. The molecule has 0 aliphatic carbocycles. The number of hydrogen-bond donors (Lipinski definition) is 2. The van der Waals surface area contributed by atoms with Crippen molar-refractivity contribution >= 4 is 5.91 Å². The van der Waals surface area contributed by atoms with Gasteiger partial charge in [-0.25, -0.2) is 0 Å². The maximum atomic E-state index is 11.9. The van der Waals surface area contributed by atoms with Gasteiger partial charge in [0.2, 0.25) is 5.91 Å². The second kappa shape index (κ2) is 7.60. The van der Waals surface area contributed by atoms with E-state index < -0.39 is 6.10 Å². The maximum Gasteiger partial charge on any atom is 0.224 e. The van der Waals surface area contributed by atoms with E-state index in [0.29, 0.717) is 12.8 Å². The Morgan fingerprint density at radius 2 is 1.81 bits per heavy atom. The van der Waals surface area contributed by atoms with Crippen molar-refractivity contribution in [3.63, 3.8) is 0 Å². The molecule has 0 saturated heterocycles. The van der Waals surface area contributed by atoms with Crippen LogP contribution in [-0.4, -0.2) is 23.7 Å². The zero-order valence-corrected chi connectivity index (χ0v) is 12.3. The molecule has 2 aromatic rings. The third-order valence-corrected chi connectivity index (χ3v) is 3.30. The number of amides is 1. The number of carbonyl (C=O) groups is 1. The van der Waals surface area contributed by atoms with Gasteiger partial charge in [0.05, 0.1) is 12.5 Å². The van der Waals surface area contributed by atoms with Gasteiger partial charge in [0.1, 0.15) is 0 Å². The molecule has 2 N–H and O–H groups in total. The van der Waals surface area contributed by atoms with E-state index in [0.717, 1.165) is 16.7 Å². The van der Waals surface area contributed by atoms with Gasteiger partial charge in [-0.1, -0.05) is 60.2 Å². The molecule has 3 heteroatoms. The van der Waals surface area contributed by atoms with E-state index in [9.17, 15) is 9.90 Å². The Hall–Kier alpha value is -2.13. The second-order valence-electron chi connectivity index (χ2n) is 5.31. The molecule has 0 fully saturated rings. The summed E-state index contributed by atoms with van der Waals surface area (Å²) in [5, 5.41) is 12.7. The molecule has 0 aliphatic rings. The molecule has 0 bridgehead atoms. The number of aryl methyl sites for hydroxylation is 1. The van der Waals surface area contributed by atoms with Crippen molar-refractivity contribution < 1.29 is 9.90 Å². The lowest BCUT2D eigenvalue weighted by atomic mass is 10.1. The van der Waals surface area contributed by atoms with Crippen molar-refractivity contribution in [1.82, 2.24) is 5.32 Å². The molecule has 0 aromatic heterocycles. The Bertz CT molecular complexity index is 581. The number of hydrogen-bond acceptors (Lipinski definition) is 2. The monoisotopic (exact) mass is 283 g/mol. The fraction of sp³-hybridized carbons (Fsp3) is 0.278. The third-order valence-electron chi connectivity index (χ3n) is 3.30. The molecule has 1 amide bonds. The Labute approximate surface area is 125 Å². The largest absolute Gasteiger partial charge is 0.391 e. The quantitative estimate of drug-likeness (QED) is 0.854. The van der Waals surface area contributed by atoms with E-state index in [1.807, 2.05) is 61.5 Å². The van der Waals surface area contributed by atoms with Gasteiger partial charge >= 0.3 is 0 Å². The molecule has 1 atom stereocenters. The highest BCUT2D eigenvalue weighted by molar-refractivity contribution is 5.78. The van der Waals surface area contributed by atoms with E-state index in [-0.39, 0.29) is 12.5 Å². The molecule has 2 aromatic carbocycles. The van der Waals surface area contributed by atoms with E-state index in [2.05, 4.69) is 5.32 Å². The summed E-state index contributed by atoms with van der Waals surface area (Å²) in [6.07, 6.45) is 0.333. The van der Waals surface area contributed by atoms with E-state index in [1.54, 1.807) is 0 Å². The van der Waals surface area contributed by atoms with Crippen molar-refractivity contribution in [1.29, 1.82) is 0 Å². The lowest BCUT2D eigenvalue weighted by Gasteiger charge is -2.12. The van der Waals surface area contributed by atoms with Crippen molar-refractivity contribution in [2.24, 2.45) is 0 Å². The van der Waals surface area contributed by atoms with Crippen LogP contribution in [0, 0.1) is 6.92 Å². The average molecular weight is 283 g/mol. The first-order chi connectivity index (χ1) is 10.1. The average Bonchev–Trinajstić information content (AvgIpc) is 2.46. The molecule has 0 unspecified atom stereocenters. The summed E-state index contributed by atoms with van der Waals surface area (Å²) in [6, 6.07) is 17.7. The van der Waals surface area contributed by atoms with E-state index in [1.165, 1.54) is 0 Å². The minimum absolute atomic E-state index is 0.0623. The predicted octanol–water partition coefficient (Wildman–Crippen LogP) is 2.26. The summed E-state index contributed by atoms with van der Waals surface area (Å²) in [7, 11) is 0. The van der Waals surface area contributed by atoms with Crippen LogP contribution in [0.1, 0.15) is 16.7 Å². The van der Waals surface area contributed by atoms with Gasteiger partial charge in [-0.05, 0) is 18.1 Å². The summed E-state index contributed by atoms with van der Waals surface area (Å²) in [5.74, 6) is -0.0623. The minimum atomic E-state index is -0.561. The predicted molar refractivity (Wildman–Crippen MR) is 84.0 cm³/mol. The molecule has 21 heavy (non-hydrogen) atoms. The highest BCUT2D eigenvalue weighted by Gasteiger charge is 2.08. The number of rotatable bonds is 6. The van der Waals surface area contributed by atoms with Crippen LogP contribution in [0.3, 0.4) is 0 Å². The van der Waals surface area contributed by atoms with Crippen molar-refractivity contribution in [2.75, 3.05) is 6.54 Å². The zero-order valence-electron chi connectivity index (χ0n) is 12.3. The Morgan fingerprint density at radius 3 is 2.52 bits per heavy atom. The highest BCUT2D eigenvalue weighted by atomic mass is 16.3. The summed E-state index contributed by atoms with van der Waals surface area (Å²) >= 11 is 0. The van der Waals surface area contributed by atoms with Crippen molar-refractivity contribution in [2.45, 2.75) is 25.9 Å². The van der Waals surface area contributed by atoms with Gasteiger partial charge in [0.15, 0.2) is 0 Å². The lowest BCUT2D eigenvalue weighted by Crippen LogP contribution is -2.34. The molecular formula is C18H21NO2. The standard InChI is InChI=1S/C18H21NO2/c1-14-6-5-9-16(10-14)12-18(21)19-13-17(20)11-15-7-3-2-4-8-15/h2-10,17,20H,11-13H2,1H3,(H,19,21)/t17-/m1/s1. The highest BCUT2D eigenvalue weighted by Crippen LogP contribution is 2.05. The summed E-state index contributed by atoms with van der Waals surface area (Å²) in [4.78, 5) is 11.9. The Morgan fingerprint density at radius 1 is 1.10 bits per heavy atom. The van der Waals surface area contributed by atoms with Crippen LogP contribution in [0.15, 0.2) is 54.6 Å². The van der Waals surface area contributed by atoms with Gasteiger partial charge < -0.3 is 10.4 Å². The third kappa shape index (κ3) is 5.40. The molecule has 2 rings (SSSR count). The summed E-state index contributed by atoms with van der Waals surface area (Å²) in [6.45, 7) is 2.28. The number of carbonyl (C=O) groups excluding carboxylic acids is 1. The topological polar surface area (TPSA) is 49.3 Å². The first-order valence-corrected chi connectivity index (χ1v) is 7.18. The smallest absolute Gasteiger partial charge is 0.224 e. The van der Waals surface area contributed by atoms with E-state index >= 15 is 0 Å². The minimum Gasteiger partial charge on any atom is -0.391 e.